The number of nitrogens with zero attached hydrogens (tertiary/aromatic N) is 12. The highest BCUT2D eigenvalue weighted by molar-refractivity contribution is 7.20. The Labute approximate surface area is 587 Å². The SMILES string of the molecule is c1ccc(N(c2ccc(-c3ccc([Si](c4ccc(-c5ccc(N(c6ccccn6)c6ccccn6)cc5)cc4)(c4ccc(-c5ccc(N(c6ccccn6)c6ccccn6)cc5)cc4)c4ccc(-c5ccc(N(c6ccccn6)c6ccccn6)cc5)cc4)cc3)cc2)c2ccccn2)nc1. The summed E-state index contributed by atoms with van der Waals surface area (Å²) in [6.07, 6.45) is 14.5. The molecule has 0 radical (unpaired) electrons. The van der Waals surface area contributed by atoms with Gasteiger partial charge in [-0.25, -0.2) is 39.9 Å². The third-order valence-electron chi connectivity index (χ3n) is 18.1. The molecule has 0 aliphatic heterocycles. The first kappa shape index (κ1) is 62.2. The lowest BCUT2D eigenvalue weighted by Crippen LogP contribution is -2.74. The number of aromatic nitrogens is 8. The molecule has 0 saturated carbocycles. The summed E-state index contributed by atoms with van der Waals surface area (Å²) in [5.41, 5.74) is 12.6. The number of hydrogen-bond donors (Lipinski definition) is 0. The molecule has 16 aromatic rings. The number of hydrogen-bond acceptors (Lipinski definition) is 12. The van der Waals surface area contributed by atoms with Crippen LogP contribution in [-0.4, -0.2) is 47.9 Å². The highest BCUT2D eigenvalue weighted by Crippen LogP contribution is 2.38. The molecule has 8 heterocycles. The van der Waals surface area contributed by atoms with Crippen molar-refractivity contribution in [2.45, 2.75) is 0 Å². The fraction of sp³-hybridized carbons (Fsp3) is 0. The van der Waals surface area contributed by atoms with E-state index in [9.17, 15) is 0 Å². The van der Waals surface area contributed by atoms with E-state index >= 15 is 0 Å². The minimum Gasteiger partial charge on any atom is -0.279 e. The monoisotopic (exact) mass is 1320 g/mol. The Hall–Kier alpha value is -13.6. The van der Waals surface area contributed by atoms with E-state index in [0.717, 1.165) is 114 Å². The van der Waals surface area contributed by atoms with E-state index < -0.39 is 8.07 Å². The first-order chi connectivity index (χ1) is 50.1. The van der Waals surface area contributed by atoms with Gasteiger partial charge in [0.25, 0.3) is 0 Å². The van der Waals surface area contributed by atoms with Crippen LogP contribution in [0.15, 0.2) is 389 Å². The average molecular weight is 1320 g/mol. The van der Waals surface area contributed by atoms with E-state index in [4.69, 9.17) is 39.9 Å². The number of rotatable bonds is 20. The lowest BCUT2D eigenvalue weighted by Gasteiger charge is -2.35. The van der Waals surface area contributed by atoms with Gasteiger partial charge in [-0.1, -0.05) is 194 Å². The molecule has 0 amide bonds. The maximum atomic E-state index is 4.74. The molecule has 12 nitrogen and oxygen atoms in total. The third kappa shape index (κ3) is 12.9. The molecular weight excluding hydrogens is 1250 g/mol. The topological polar surface area (TPSA) is 116 Å². The fourth-order valence-corrected chi connectivity index (χ4v) is 17.9. The minimum absolute atomic E-state index is 0.783. The van der Waals surface area contributed by atoms with Crippen molar-refractivity contribution < 1.29 is 0 Å². The summed E-state index contributed by atoms with van der Waals surface area (Å²) in [4.78, 5) is 46.2. The molecule has 13 heteroatoms. The van der Waals surface area contributed by atoms with E-state index in [1.165, 1.54) is 20.7 Å². The van der Waals surface area contributed by atoms with Gasteiger partial charge in [0, 0.05) is 72.3 Å². The molecule has 480 valence electrons. The van der Waals surface area contributed by atoms with Crippen molar-refractivity contribution in [1.29, 1.82) is 0 Å². The Morgan fingerprint density at radius 1 is 0.149 bits per heavy atom. The van der Waals surface area contributed by atoms with Crippen molar-refractivity contribution in [1.82, 2.24) is 39.9 Å². The molecule has 0 unspecified atom stereocenters. The Bertz CT molecular complexity index is 4480. The van der Waals surface area contributed by atoms with Gasteiger partial charge in [-0.2, -0.15) is 0 Å². The molecule has 16 rings (SSSR count). The van der Waals surface area contributed by atoms with E-state index in [1.54, 1.807) is 0 Å². The molecule has 0 atom stereocenters. The van der Waals surface area contributed by atoms with E-state index in [-0.39, 0.29) is 0 Å². The van der Waals surface area contributed by atoms with Crippen LogP contribution in [0, 0.1) is 0 Å². The van der Waals surface area contributed by atoms with Gasteiger partial charge in [0.05, 0.1) is 0 Å². The largest absolute Gasteiger partial charge is 0.279 e. The standard InChI is InChI=1S/C88H64N12Si/c1-9-57-89-81(17-1)97(82-18-2-10-58-90-82)73-41-25-65(26-42-73)69-33-49-77(50-34-69)101(78-51-35-70(36-52-78)66-27-43-74(44-28-66)98(83-19-3-11-59-91-83)84-20-4-12-60-92-84,79-53-37-71(38-54-79)67-29-45-75(46-30-67)99(85-21-5-13-61-93-85)86-22-6-14-62-94-86)80-55-39-72(40-56-80)68-31-47-76(48-32-68)100(87-23-7-15-63-95-87)88-24-8-16-64-96-88/h1-64H. The van der Waals surface area contributed by atoms with Gasteiger partial charge in [0.2, 0.25) is 0 Å². The van der Waals surface area contributed by atoms with Crippen LogP contribution in [0.3, 0.4) is 0 Å². The van der Waals surface area contributed by atoms with Crippen molar-refractivity contribution in [2.75, 3.05) is 19.6 Å². The third-order valence-corrected chi connectivity index (χ3v) is 22.9. The molecule has 8 aromatic carbocycles. The van der Waals surface area contributed by atoms with E-state index in [2.05, 4.69) is 214 Å². The van der Waals surface area contributed by atoms with Gasteiger partial charge in [0.1, 0.15) is 46.5 Å². The zero-order chi connectivity index (χ0) is 67.6. The van der Waals surface area contributed by atoms with Crippen LogP contribution in [0.1, 0.15) is 0 Å². The fourth-order valence-electron chi connectivity index (χ4n) is 13.3. The Kier molecular flexibility index (Phi) is 17.6. The maximum absolute atomic E-state index is 4.74. The zero-order valence-electron chi connectivity index (χ0n) is 54.8. The summed E-state index contributed by atoms with van der Waals surface area (Å²) < 4.78 is 0. The van der Waals surface area contributed by atoms with E-state index in [1.807, 2.05) is 195 Å². The van der Waals surface area contributed by atoms with Gasteiger partial charge in [-0.3, -0.25) is 19.6 Å². The molecule has 0 aliphatic carbocycles. The van der Waals surface area contributed by atoms with Crippen molar-refractivity contribution in [3.05, 3.63) is 389 Å². The predicted octanol–water partition coefficient (Wildman–Crippen LogP) is 18.8. The molecule has 0 N–H and O–H groups in total. The smallest absolute Gasteiger partial charge is 0.179 e. The summed E-state index contributed by atoms with van der Waals surface area (Å²) in [5.74, 6) is 6.27. The summed E-state index contributed by atoms with van der Waals surface area (Å²) in [6, 6.07) is 119. The molecule has 0 spiro atoms. The summed E-state index contributed by atoms with van der Waals surface area (Å²) in [7, 11) is -3.27. The second-order valence-corrected chi connectivity index (χ2v) is 27.9. The van der Waals surface area contributed by atoms with Crippen molar-refractivity contribution >= 4 is 98.1 Å². The predicted molar refractivity (Wildman–Crippen MR) is 413 cm³/mol. The van der Waals surface area contributed by atoms with E-state index in [0.29, 0.717) is 0 Å². The molecule has 0 bridgehead atoms. The summed E-state index contributed by atoms with van der Waals surface area (Å²) in [6.45, 7) is 0. The van der Waals surface area contributed by atoms with Crippen LogP contribution in [0.2, 0.25) is 0 Å². The normalized spacial score (nSPS) is 11.2. The lowest BCUT2D eigenvalue weighted by atomic mass is 10.0. The Morgan fingerprint density at radius 2 is 0.287 bits per heavy atom. The lowest BCUT2D eigenvalue weighted by molar-refractivity contribution is 1.12. The van der Waals surface area contributed by atoms with Crippen molar-refractivity contribution in [3.63, 3.8) is 0 Å². The van der Waals surface area contributed by atoms with Crippen LogP contribution < -0.4 is 40.3 Å². The van der Waals surface area contributed by atoms with Crippen LogP contribution >= 0.6 is 0 Å². The highest BCUT2D eigenvalue weighted by atomic mass is 28.3. The number of benzene rings is 8. The highest BCUT2D eigenvalue weighted by Gasteiger charge is 2.42. The summed E-state index contributed by atoms with van der Waals surface area (Å²) in [5, 5.41) is 4.94. The molecular formula is C88H64N12Si. The minimum atomic E-state index is -3.27. The van der Waals surface area contributed by atoms with Crippen LogP contribution in [0.4, 0.5) is 69.3 Å². The first-order valence-corrected chi connectivity index (χ1v) is 35.4. The zero-order valence-corrected chi connectivity index (χ0v) is 55.8. The second kappa shape index (κ2) is 28.6. The average Bonchev–Trinajstić information content (AvgIpc) is 0.729. The van der Waals surface area contributed by atoms with Gasteiger partial charge in [-0.15, -0.1) is 0 Å². The molecule has 0 saturated heterocycles. The van der Waals surface area contributed by atoms with Gasteiger partial charge >= 0.3 is 0 Å². The number of pyridine rings is 8. The molecule has 0 fully saturated rings. The molecule has 8 aromatic heterocycles. The molecule has 0 aliphatic rings. The van der Waals surface area contributed by atoms with Crippen LogP contribution in [-0.2, 0) is 0 Å². The second-order valence-electron chi connectivity index (χ2n) is 24.1. The Balaban J connectivity index is 0.813. The maximum Gasteiger partial charge on any atom is 0.179 e. The van der Waals surface area contributed by atoms with Gasteiger partial charge in [-0.05, 0) is 211 Å². The van der Waals surface area contributed by atoms with Crippen LogP contribution in [0.25, 0.3) is 44.5 Å². The van der Waals surface area contributed by atoms with Crippen molar-refractivity contribution in [3.8, 4) is 44.5 Å². The number of anilines is 12. The first-order valence-electron chi connectivity index (χ1n) is 33.4. The molecule has 101 heavy (non-hydrogen) atoms. The van der Waals surface area contributed by atoms with Crippen molar-refractivity contribution in [2.24, 2.45) is 0 Å². The quantitative estimate of drug-likeness (QED) is 0.0534. The summed E-state index contributed by atoms with van der Waals surface area (Å²) >= 11 is 0. The van der Waals surface area contributed by atoms with Gasteiger partial charge < -0.3 is 0 Å². The van der Waals surface area contributed by atoms with Crippen LogP contribution in [0.5, 0.6) is 0 Å². The van der Waals surface area contributed by atoms with Gasteiger partial charge in [0.15, 0.2) is 8.07 Å². The Morgan fingerprint density at radius 3 is 0.416 bits per heavy atom.